The zero-order valence-electron chi connectivity index (χ0n) is 12.6. The monoisotopic (exact) mass is 274 g/mol. The second kappa shape index (κ2) is 7.72. The molecule has 0 amide bonds. The molecular formula is C15H31ClN2. The summed E-state index contributed by atoms with van der Waals surface area (Å²) in [7, 11) is 2.27. The summed E-state index contributed by atoms with van der Waals surface area (Å²) in [6.07, 6.45) is 6.47. The van der Waals surface area contributed by atoms with E-state index in [4.69, 9.17) is 11.6 Å². The summed E-state index contributed by atoms with van der Waals surface area (Å²) in [4.78, 5) is 2.53. The molecule has 1 N–H and O–H groups in total. The van der Waals surface area contributed by atoms with Gasteiger partial charge >= 0.3 is 0 Å². The molecule has 0 spiro atoms. The lowest BCUT2D eigenvalue weighted by Crippen LogP contribution is -2.44. The van der Waals surface area contributed by atoms with Gasteiger partial charge in [0.15, 0.2) is 0 Å². The molecule has 1 aliphatic heterocycles. The molecule has 1 rings (SSSR count). The summed E-state index contributed by atoms with van der Waals surface area (Å²) in [6.45, 7) is 9.28. The Bertz CT molecular complexity index is 225. The molecule has 1 heterocycles. The molecule has 0 aromatic rings. The summed E-state index contributed by atoms with van der Waals surface area (Å²) in [5.74, 6) is 0.748. The Balaban J connectivity index is 2.29. The van der Waals surface area contributed by atoms with E-state index >= 15 is 0 Å². The zero-order valence-corrected chi connectivity index (χ0v) is 13.4. The molecule has 0 aromatic carbocycles. The summed E-state index contributed by atoms with van der Waals surface area (Å²) >= 11 is 5.90. The number of likely N-dealkylation sites (tertiary alicyclic amines) is 1. The minimum atomic E-state index is 0.299. The van der Waals surface area contributed by atoms with Gasteiger partial charge in [0, 0.05) is 18.0 Å². The molecule has 1 fully saturated rings. The second-order valence-electron chi connectivity index (χ2n) is 6.77. The molecule has 0 saturated carbocycles. The SMILES string of the molecule is CN1CCCCC1CCNC(CCCl)C(C)(C)C. The maximum absolute atomic E-state index is 5.90. The number of hydrogen-bond acceptors (Lipinski definition) is 2. The molecule has 3 heteroatoms. The van der Waals surface area contributed by atoms with Crippen LogP contribution in [0.25, 0.3) is 0 Å². The first-order valence-electron chi connectivity index (χ1n) is 7.44. The van der Waals surface area contributed by atoms with Gasteiger partial charge in [-0.3, -0.25) is 0 Å². The van der Waals surface area contributed by atoms with Crippen molar-refractivity contribution < 1.29 is 0 Å². The van der Waals surface area contributed by atoms with Crippen molar-refractivity contribution in [3.05, 3.63) is 0 Å². The highest BCUT2D eigenvalue weighted by Gasteiger charge is 2.24. The fourth-order valence-corrected chi connectivity index (χ4v) is 3.10. The topological polar surface area (TPSA) is 15.3 Å². The molecule has 0 radical (unpaired) electrons. The summed E-state index contributed by atoms with van der Waals surface area (Å²) in [6, 6.07) is 1.31. The largest absolute Gasteiger partial charge is 0.313 e. The summed E-state index contributed by atoms with van der Waals surface area (Å²) < 4.78 is 0. The average Bonchev–Trinajstić information content (AvgIpc) is 2.29. The van der Waals surface area contributed by atoms with Crippen molar-refractivity contribution in [3.8, 4) is 0 Å². The van der Waals surface area contributed by atoms with E-state index in [1.165, 1.54) is 32.2 Å². The van der Waals surface area contributed by atoms with Crippen LogP contribution in [0.15, 0.2) is 0 Å². The van der Waals surface area contributed by atoms with Gasteiger partial charge < -0.3 is 10.2 Å². The van der Waals surface area contributed by atoms with Gasteiger partial charge in [-0.1, -0.05) is 27.2 Å². The van der Waals surface area contributed by atoms with Crippen LogP contribution < -0.4 is 5.32 Å². The number of piperidine rings is 1. The van der Waals surface area contributed by atoms with E-state index in [0.717, 1.165) is 24.9 Å². The van der Waals surface area contributed by atoms with Gasteiger partial charge in [0.25, 0.3) is 0 Å². The highest BCUT2D eigenvalue weighted by molar-refractivity contribution is 6.17. The van der Waals surface area contributed by atoms with Crippen LogP contribution in [-0.4, -0.2) is 43.0 Å². The minimum absolute atomic E-state index is 0.299. The first kappa shape index (κ1) is 16.3. The van der Waals surface area contributed by atoms with Gasteiger partial charge in [-0.15, -0.1) is 11.6 Å². The van der Waals surface area contributed by atoms with E-state index < -0.39 is 0 Å². The first-order valence-corrected chi connectivity index (χ1v) is 7.98. The van der Waals surface area contributed by atoms with E-state index in [9.17, 15) is 0 Å². The zero-order chi connectivity index (χ0) is 13.6. The first-order chi connectivity index (χ1) is 8.45. The Kier molecular flexibility index (Phi) is 6.97. The lowest BCUT2D eigenvalue weighted by Gasteiger charge is -2.35. The number of rotatable bonds is 6. The molecule has 2 nitrogen and oxygen atoms in total. The standard InChI is InChI=1S/C15H31ClN2/c1-15(2,3)14(8-10-16)17-11-9-13-7-5-6-12-18(13)4/h13-14,17H,5-12H2,1-4H3. The summed E-state index contributed by atoms with van der Waals surface area (Å²) in [5.41, 5.74) is 0.299. The van der Waals surface area contributed by atoms with Crippen molar-refractivity contribution >= 4 is 11.6 Å². The maximum Gasteiger partial charge on any atom is 0.0238 e. The van der Waals surface area contributed by atoms with Crippen molar-refractivity contribution in [2.45, 2.75) is 65.0 Å². The van der Waals surface area contributed by atoms with Crippen LogP contribution in [0.5, 0.6) is 0 Å². The number of nitrogens with one attached hydrogen (secondary N) is 1. The van der Waals surface area contributed by atoms with Gasteiger partial charge in [-0.2, -0.15) is 0 Å². The number of alkyl halides is 1. The van der Waals surface area contributed by atoms with Crippen LogP contribution in [0, 0.1) is 5.41 Å². The normalized spacial score (nSPS) is 24.2. The summed E-state index contributed by atoms with van der Waals surface area (Å²) in [5, 5.41) is 3.72. The van der Waals surface area contributed by atoms with E-state index in [2.05, 4.69) is 38.0 Å². The Labute approximate surface area is 118 Å². The highest BCUT2D eigenvalue weighted by atomic mass is 35.5. The fourth-order valence-electron chi connectivity index (χ4n) is 2.88. The van der Waals surface area contributed by atoms with Crippen LogP contribution in [0.1, 0.15) is 52.9 Å². The van der Waals surface area contributed by atoms with Crippen molar-refractivity contribution in [1.82, 2.24) is 10.2 Å². The van der Waals surface area contributed by atoms with Gasteiger partial charge in [0.1, 0.15) is 0 Å². The van der Waals surface area contributed by atoms with E-state index in [1.807, 2.05) is 0 Å². The Morgan fingerprint density at radius 2 is 2.06 bits per heavy atom. The third kappa shape index (κ3) is 5.46. The van der Waals surface area contributed by atoms with Crippen LogP contribution in [0.3, 0.4) is 0 Å². The average molecular weight is 275 g/mol. The number of nitrogens with zero attached hydrogens (tertiary/aromatic N) is 1. The molecule has 18 heavy (non-hydrogen) atoms. The Hall–Kier alpha value is 0.210. The van der Waals surface area contributed by atoms with Crippen LogP contribution in [0.4, 0.5) is 0 Å². The number of hydrogen-bond donors (Lipinski definition) is 1. The van der Waals surface area contributed by atoms with Gasteiger partial charge in [-0.25, -0.2) is 0 Å². The third-order valence-electron chi connectivity index (χ3n) is 4.23. The van der Waals surface area contributed by atoms with Crippen molar-refractivity contribution in [1.29, 1.82) is 0 Å². The predicted octanol–water partition coefficient (Wildman–Crippen LogP) is 3.49. The molecule has 2 unspecified atom stereocenters. The fraction of sp³-hybridized carbons (Fsp3) is 1.00. The van der Waals surface area contributed by atoms with Gasteiger partial charge in [-0.05, 0) is 51.2 Å². The second-order valence-corrected chi connectivity index (χ2v) is 7.15. The van der Waals surface area contributed by atoms with Crippen molar-refractivity contribution in [2.75, 3.05) is 26.0 Å². The van der Waals surface area contributed by atoms with Crippen molar-refractivity contribution in [3.63, 3.8) is 0 Å². The van der Waals surface area contributed by atoms with Crippen LogP contribution in [-0.2, 0) is 0 Å². The molecule has 0 bridgehead atoms. The Morgan fingerprint density at radius 3 is 2.61 bits per heavy atom. The van der Waals surface area contributed by atoms with Gasteiger partial charge in [0.05, 0.1) is 0 Å². The van der Waals surface area contributed by atoms with Gasteiger partial charge in [0.2, 0.25) is 0 Å². The lowest BCUT2D eigenvalue weighted by molar-refractivity contribution is 0.169. The molecule has 108 valence electrons. The van der Waals surface area contributed by atoms with E-state index in [-0.39, 0.29) is 0 Å². The van der Waals surface area contributed by atoms with Crippen LogP contribution in [0.2, 0.25) is 0 Å². The molecule has 2 atom stereocenters. The number of halogens is 1. The molecule has 1 saturated heterocycles. The minimum Gasteiger partial charge on any atom is -0.313 e. The van der Waals surface area contributed by atoms with E-state index in [0.29, 0.717) is 11.5 Å². The lowest BCUT2D eigenvalue weighted by atomic mass is 9.85. The molecule has 0 aromatic heterocycles. The van der Waals surface area contributed by atoms with E-state index in [1.54, 1.807) is 0 Å². The Morgan fingerprint density at radius 1 is 1.33 bits per heavy atom. The quantitative estimate of drug-likeness (QED) is 0.746. The van der Waals surface area contributed by atoms with Crippen molar-refractivity contribution in [2.24, 2.45) is 5.41 Å². The maximum atomic E-state index is 5.90. The van der Waals surface area contributed by atoms with Crippen LogP contribution >= 0.6 is 11.6 Å². The predicted molar refractivity (Wildman–Crippen MR) is 81.5 cm³/mol. The highest BCUT2D eigenvalue weighted by Crippen LogP contribution is 2.23. The molecule has 0 aliphatic carbocycles. The third-order valence-corrected chi connectivity index (χ3v) is 4.45. The molecule has 1 aliphatic rings. The smallest absolute Gasteiger partial charge is 0.0238 e. The molecular weight excluding hydrogens is 244 g/mol.